The van der Waals surface area contributed by atoms with Crippen LogP contribution in [0.15, 0.2) is 17.1 Å². The van der Waals surface area contributed by atoms with E-state index in [1.54, 1.807) is 12.3 Å². The Morgan fingerprint density at radius 2 is 2.06 bits per heavy atom. The number of thiol groups is 1. The summed E-state index contributed by atoms with van der Waals surface area (Å²) in [5.41, 5.74) is 0.884. The highest BCUT2D eigenvalue weighted by molar-refractivity contribution is 7.80. The number of anilines is 1. The molecule has 1 heterocycles. The molecule has 102 valence electrons. The lowest BCUT2D eigenvalue weighted by Crippen LogP contribution is -2.33. The molecular weight excluding hydrogens is 246 g/mol. The van der Waals surface area contributed by atoms with Crippen molar-refractivity contribution in [2.45, 2.75) is 27.3 Å². The monoisotopic (exact) mass is 269 g/mol. The third-order valence-electron chi connectivity index (χ3n) is 3.21. The van der Waals surface area contributed by atoms with E-state index in [4.69, 9.17) is 0 Å². The van der Waals surface area contributed by atoms with Crippen LogP contribution < -0.4 is 10.5 Å². The van der Waals surface area contributed by atoms with Crippen LogP contribution >= 0.6 is 12.6 Å². The van der Waals surface area contributed by atoms with E-state index in [0.717, 1.165) is 11.4 Å². The number of hydrogen-bond donors (Lipinski definition) is 1. The molecule has 1 aromatic heterocycles. The second-order valence-electron chi connectivity index (χ2n) is 5.87. The fraction of sp³-hybridized carbons (Fsp3) is 0.692. The second kappa shape index (κ2) is 5.78. The standard InChI is InChI=1S/C13H23N3OS/c1-13(2,3)10(9-18)8-16-12(17)6-11(7-14-16)15(4)5/h6-7,10,18H,8-9H2,1-5H3. The maximum Gasteiger partial charge on any atom is 0.268 e. The summed E-state index contributed by atoms with van der Waals surface area (Å²) in [6.45, 7) is 7.09. The fourth-order valence-corrected chi connectivity index (χ4v) is 2.28. The lowest BCUT2D eigenvalue weighted by molar-refractivity contribution is 0.228. The minimum absolute atomic E-state index is 0.0581. The van der Waals surface area contributed by atoms with Crippen LogP contribution in [0.5, 0.6) is 0 Å². The predicted molar refractivity (Wildman–Crippen MR) is 79.6 cm³/mol. The van der Waals surface area contributed by atoms with Crippen LogP contribution in [-0.2, 0) is 6.54 Å². The lowest BCUT2D eigenvalue weighted by atomic mass is 9.82. The normalized spacial score (nSPS) is 13.4. The summed E-state index contributed by atoms with van der Waals surface area (Å²) in [6, 6.07) is 1.62. The summed E-state index contributed by atoms with van der Waals surface area (Å²) in [6.07, 6.45) is 1.72. The zero-order valence-corrected chi connectivity index (χ0v) is 12.7. The summed E-state index contributed by atoms with van der Waals surface area (Å²) in [7, 11) is 3.79. The first-order valence-electron chi connectivity index (χ1n) is 6.11. The van der Waals surface area contributed by atoms with E-state index in [2.05, 4.69) is 38.5 Å². The van der Waals surface area contributed by atoms with Crippen molar-refractivity contribution in [1.82, 2.24) is 9.78 Å². The van der Waals surface area contributed by atoms with Crippen molar-refractivity contribution >= 4 is 18.3 Å². The van der Waals surface area contributed by atoms with E-state index < -0.39 is 0 Å². The van der Waals surface area contributed by atoms with Crippen molar-refractivity contribution in [3.8, 4) is 0 Å². The van der Waals surface area contributed by atoms with Gasteiger partial charge in [-0.15, -0.1) is 0 Å². The molecule has 0 aliphatic carbocycles. The molecule has 4 nitrogen and oxygen atoms in total. The average molecular weight is 269 g/mol. The van der Waals surface area contributed by atoms with Crippen molar-refractivity contribution in [1.29, 1.82) is 0 Å². The Morgan fingerprint density at radius 3 is 2.44 bits per heavy atom. The predicted octanol–water partition coefficient (Wildman–Crippen LogP) is 1.90. The topological polar surface area (TPSA) is 38.1 Å². The van der Waals surface area contributed by atoms with Crippen LogP contribution in [0.25, 0.3) is 0 Å². The molecular formula is C13H23N3OS. The Hall–Kier alpha value is -0.970. The third-order valence-corrected chi connectivity index (χ3v) is 3.65. The largest absolute Gasteiger partial charge is 0.376 e. The molecule has 0 aromatic carbocycles. The van der Waals surface area contributed by atoms with Gasteiger partial charge in [-0.2, -0.15) is 17.7 Å². The molecule has 5 heteroatoms. The second-order valence-corrected chi connectivity index (χ2v) is 6.24. The van der Waals surface area contributed by atoms with E-state index in [1.807, 2.05) is 19.0 Å². The molecule has 0 fully saturated rings. The zero-order chi connectivity index (χ0) is 13.9. The van der Waals surface area contributed by atoms with Gasteiger partial charge >= 0.3 is 0 Å². The van der Waals surface area contributed by atoms with Gasteiger partial charge in [0.1, 0.15) is 0 Å². The van der Waals surface area contributed by atoms with Gasteiger partial charge in [-0.25, -0.2) is 4.68 Å². The van der Waals surface area contributed by atoms with Crippen molar-refractivity contribution in [2.24, 2.45) is 11.3 Å². The van der Waals surface area contributed by atoms with Crippen molar-refractivity contribution in [3.05, 3.63) is 22.6 Å². The van der Waals surface area contributed by atoms with Crippen LogP contribution in [0, 0.1) is 11.3 Å². The fourth-order valence-electron chi connectivity index (χ4n) is 1.62. The maximum atomic E-state index is 12.0. The van der Waals surface area contributed by atoms with Crippen molar-refractivity contribution in [3.63, 3.8) is 0 Å². The number of aromatic nitrogens is 2. The van der Waals surface area contributed by atoms with Gasteiger partial charge in [0, 0.05) is 26.7 Å². The van der Waals surface area contributed by atoms with E-state index in [0.29, 0.717) is 12.5 Å². The van der Waals surface area contributed by atoms with Crippen LogP contribution in [0.2, 0.25) is 0 Å². The van der Waals surface area contributed by atoms with Gasteiger partial charge in [-0.3, -0.25) is 4.79 Å². The summed E-state index contributed by atoms with van der Waals surface area (Å²) >= 11 is 4.38. The summed E-state index contributed by atoms with van der Waals surface area (Å²) < 4.78 is 1.53. The summed E-state index contributed by atoms with van der Waals surface area (Å²) in [5.74, 6) is 1.06. The first-order valence-corrected chi connectivity index (χ1v) is 6.74. The molecule has 0 N–H and O–H groups in total. The Morgan fingerprint density at radius 1 is 1.44 bits per heavy atom. The van der Waals surface area contributed by atoms with Gasteiger partial charge in [-0.1, -0.05) is 20.8 Å². The average Bonchev–Trinajstić information content (AvgIpc) is 2.25. The smallest absolute Gasteiger partial charge is 0.268 e. The molecule has 0 spiro atoms. The highest BCUT2D eigenvalue weighted by Crippen LogP contribution is 2.27. The zero-order valence-electron chi connectivity index (χ0n) is 11.8. The third kappa shape index (κ3) is 3.77. The molecule has 0 radical (unpaired) electrons. The molecule has 1 rings (SSSR count). The molecule has 0 saturated carbocycles. The molecule has 1 aromatic rings. The molecule has 0 aliphatic heterocycles. The minimum atomic E-state index is -0.0581. The van der Waals surface area contributed by atoms with Crippen LogP contribution in [-0.4, -0.2) is 29.6 Å². The summed E-state index contributed by atoms with van der Waals surface area (Å²) in [5, 5.41) is 4.23. The quantitative estimate of drug-likeness (QED) is 0.849. The molecule has 1 atom stereocenters. The molecule has 0 saturated heterocycles. The van der Waals surface area contributed by atoms with Crippen LogP contribution in [0.3, 0.4) is 0 Å². The molecule has 0 aliphatic rings. The Kier molecular flexibility index (Phi) is 4.85. The van der Waals surface area contributed by atoms with E-state index in [1.165, 1.54) is 4.68 Å². The Labute approximate surface area is 114 Å². The van der Waals surface area contributed by atoms with Crippen molar-refractivity contribution in [2.75, 3.05) is 24.7 Å². The van der Waals surface area contributed by atoms with Crippen molar-refractivity contribution < 1.29 is 0 Å². The SMILES string of the molecule is CN(C)c1cnn(CC(CS)C(C)(C)C)c(=O)c1. The Balaban J connectivity index is 2.95. The minimum Gasteiger partial charge on any atom is -0.376 e. The van der Waals surface area contributed by atoms with E-state index in [-0.39, 0.29) is 11.0 Å². The number of nitrogens with zero attached hydrogens (tertiary/aromatic N) is 3. The molecule has 18 heavy (non-hydrogen) atoms. The molecule has 1 unspecified atom stereocenters. The van der Waals surface area contributed by atoms with Crippen LogP contribution in [0.1, 0.15) is 20.8 Å². The highest BCUT2D eigenvalue weighted by Gasteiger charge is 2.24. The van der Waals surface area contributed by atoms with Crippen LogP contribution in [0.4, 0.5) is 5.69 Å². The van der Waals surface area contributed by atoms with Gasteiger partial charge in [0.05, 0.1) is 11.9 Å². The summed E-state index contributed by atoms with van der Waals surface area (Å²) in [4.78, 5) is 13.8. The van der Waals surface area contributed by atoms with Gasteiger partial charge < -0.3 is 4.90 Å². The number of hydrogen-bond acceptors (Lipinski definition) is 4. The van der Waals surface area contributed by atoms with Gasteiger partial charge in [-0.05, 0) is 17.1 Å². The first-order chi connectivity index (χ1) is 8.25. The first kappa shape index (κ1) is 15.1. The molecule has 0 bridgehead atoms. The van der Waals surface area contributed by atoms with Gasteiger partial charge in [0.15, 0.2) is 0 Å². The van der Waals surface area contributed by atoms with Gasteiger partial charge in [0.2, 0.25) is 0 Å². The highest BCUT2D eigenvalue weighted by atomic mass is 32.1. The van der Waals surface area contributed by atoms with E-state index >= 15 is 0 Å². The Bertz CT molecular complexity index is 448. The lowest BCUT2D eigenvalue weighted by Gasteiger charge is -2.29. The maximum absolute atomic E-state index is 12.0. The molecule has 0 amide bonds. The number of rotatable bonds is 4. The van der Waals surface area contributed by atoms with Gasteiger partial charge in [0.25, 0.3) is 5.56 Å². The van der Waals surface area contributed by atoms with E-state index in [9.17, 15) is 4.79 Å².